The Morgan fingerprint density at radius 1 is 1.30 bits per heavy atom. The number of carboxylic acids is 1. The normalized spacial score (nSPS) is 10.1. The molecule has 2 rings (SSSR count). The second-order valence-electron chi connectivity index (χ2n) is 3.79. The summed E-state index contributed by atoms with van der Waals surface area (Å²) in [5.74, 6) is -2.67. The molecule has 0 bridgehead atoms. The molecule has 1 aromatic carbocycles. The van der Waals surface area contributed by atoms with Crippen LogP contribution in [0.5, 0.6) is 0 Å². The number of benzene rings is 1. The zero-order valence-corrected chi connectivity index (χ0v) is 10.7. The molecule has 0 spiro atoms. The predicted molar refractivity (Wildman–Crippen MR) is 70.6 cm³/mol. The van der Waals surface area contributed by atoms with Crippen LogP contribution in [0, 0.1) is 5.82 Å². The van der Waals surface area contributed by atoms with Gasteiger partial charge >= 0.3 is 5.97 Å². The summed E-state index contributed by atoms with van der Waals surface area (Å²) in [6, 6.07) is 6.60. The number of aromatic nitrogens is 1. The number of nitrogens with one attached hydrogen (secondary N) is 1. The summed E-state index contributed by atoms with van der Waals surface area (Å²) < 4.78 is 13.6. The van der Waals surface area contributed by atoms with Gasteiger partial charge < -0.3 is 10.4 Å². The van der Waals surface area contributed by atoms with Crippen LogP contribution in [0.3, 0.4) is 0 Å². The molecule has 2 aromatic rings. The van der Waals surface area contributed by atoms with Crippen LogP contribution in [-0.2, 0) is 0 Å². The van der Waals surface area contributed by atoms with E-state index in [1.54, 1.807) is 0 Å². The van der Waals surface area contributed by atoms with Gasteiger partial charge in [0.1, 0.15) is 5.69 Å². The minimum atomic E-state index is -1.26. The van der Waals surface area contributed by atoms with Crippen LogP contribution in [0.15, 0.2) is 36.5 Å². The molecule has 102 valence electrons. The van der Waals surface area contributed by atoms with E-state index in [-0.39, 0.29) is 22.0 Å². The summed E-state index contributed by atoms with van der Waals surface area (Å²) in [4.78, 5) is 26.3. The van der Waals surface area contributed by atoms with Gasteiger partial charge in [0.2, 0.25) is 0 Å². The van der Waals surface area contributed by atoms with Crippen molar-refractivity contribution in [3.05, 3.63) is 58.6 Å². The highest BCUT2D eigenvalue weighted by Crippen LogP contribution is 2.22. The molecule has 0 aliphatic carbocycles. The lowest BCUT2D eigenvalue weighted by Crippen LogP contribution is -2.14. The molecule has 0 aliphatic rings. The molecule has 0 fully saturated rings. The van der Waals surface area contributed by atoms with Gasteiger partial charge in [0.25, 0.3) is 5.91 Å². The molecule has 2 N–H and O–H groups in total. The van der Waals surface area contributed by atoms with E-state index in [0.717, 1.165) is 6.07 Å². The van der Waals surface area contributed by atoms with Gasteiger partial charge in [-0.3, -0.25) is 4.79 Å². The first-order valence-electron chi connectivity index (χ1n) is 5.44. The Balaban J connectivity index is 2.26. The maximum atomic E-state index is 13.6. The summed E-state index contributed by atoms with van der Waals surface area (Å²) in [5.41, 5.74) is -0.308. The molecule has 1 aromatic heterocycles. The van der Waals surface area contributed by atoms with Crippen molar-refractivity contribution in [1.29, 1.82) is 0 Å². The van der Waals surface area contributed by atoms with E-state index in [4.69, 9.17) is 16.7 Å². The topological polar surface area (TPSA) is 79.3 Å². The standard InChI is InChI=1S/C13H8ClFN2O3/c14-8-2-1-3-9(11(8)15)17-12(18)7-4-5-16-10(6-7)13(19)20/h1-6H,(H,17,18)(H,19,20). The summed E-state index contributed by atoms with van der Waals surface area (Å²) in [6.45, 7) is 0. The third kappa shape index (κ3) is 2.92. The largest absolute Gasteiger partial charge is 0.477 e. The van der Waals surface area contributed by atoms with E-state index >= 15 is 0 Å². The second-order valence-corrected chi connectivity index (χ2v) is 4.20. The van der Waals surface area contributed by atoms with Crippen molar-refractivity contribution in [3.63, 3.8) is 0 Å². The molecule has 0 saturated heterocycles. The Bertz CT molecular complexity index is 691. The van der Waals surface area contributed by atoms with Gasteiger partial charge in [-0.25, -0.2) is 14.2 Å². The molecule has 0 atom stereocenters. The van der Waals surface area contributed by atoms with Crippen molar-refractivity contribution < 1.29 is 19.1 Å². The van der Waals surface area contributed by atoms with Crippen molar-refractivity contribution in [2.24, 2.45) is 0 Å². The molecule has 0 saturated carbocycles. The first-order chi connectivity index (χ1) is 9.49. The Hall–Kier alpha value is -2.47. The lowest BCUT2D eigenvalue weighted by molar-refractivity contribution is 0.0690. The summed E-state index contributed by atoms with van der Waals surface area (Å²) in [5, 5.41) is 11.0. The molecule has 5 nitrogen and oxygen atoms in total. The fourth-order valence-electron chi connectivity index (χ4n) is 1.48. The first kappa shape index (κ1) is 14.0. The van der Waals surface area contributed by atoms with E-state index in [1.165, 1.54) is 30.5 Å². The lowest BCUT2D eigenvalue weighted by atomic mass is 10.2. The number of anilines is 1. The zero-order valence-electron chi connectivity index (χ0n) is 9.93. The highest BCUT2D eigenvalue weighted by molar-refractivity contribution is 6.31. The maximum absolute atomic E-state index is 13.6. The van der Waals surface area contributed by atoms with Crippen molar-refractivity contribution in [3.8, 4) is 0 Å². The van der Waals surface area contributed by atoms with E-state index in [9.17, 15) is 14.0 Å². The number of halogens is 2. The van der Waals surface area contributed by atoms with Crippen LogP contribution in [0.4, 0.5) is 10.1 Å². The van der Waals surface area contributed by atoms with E-state index in [2.05, 4.69) is 10.3 Å². The van der Waals surface area contributed by atoms with Crippen molar-refractivity contribution in [1.82, 2.24) is 4.98 Å². The number of pyridine rings is 1. The molecule has 1 amide bonds. The van der Waals surface area contributed by atoms with Crippen molar-refractivity contribution in [2.75, 3.05) is 5.32 Å². The third-order valence-corrected chi connectivity index (χ3v) is 2.73. The smallest absolute Gasteiger partial charge is 0.354 e. The maximum Gasteiger partial charge on any atom is 0.354 e. The molecule has 0 unspecified atom stereocenters. The second kappa shape index (κ2) is 5.66. The minimum absolute atomic E-state index is 0.0526. The van der Waals surface area contributed by atoms with E-state index in [1.807, 2.05) is 0 Å². The van der Waals surface area contributed by atoms with Gasteiger partial charge in [-0.15, -0.1) is 0 Å². The van der Waals surface area contributed by atoms with Crippen LogP contribution < -0.4 is 5.32 Å². The first-order valence-corrected chi connectivity index (χ1v) is 5.81. The third-order valence-electron chi connectivity index (χ3n) is 2.44. The number of carbonyl (C=O) groups is 2. The average Bonchev–Trinajstić information content (AvgIpc) is 2.44. The number of amides is 1. The van der Waals surface area contributed by atoms with Crippen LogP contribution in [0.2, 0.25) is 5.02 Å². The van der Waals surface area contributed by atoms with Crippen molar-refractivity contribution in [2.45, 2.75) is 0 Å². The van der Waals surface area contributed by atoms with Gasteiger partial charge in [0.15, 0.2) is 5.82 Å². The molecular weight excluding hydrogens is 287 g/mol. The Kier molecular flexibility index (Phi) is 3.95. The van der Waals surface area contributed by atoms with Gasteiger partial charge in [-0.2, -0.15) is 0 Å². The monoisotopic (exact) mass is 294 g/mol. The Labute approximate surface area is 118 Å². The Morgan fingerprint density at radius 3 is 2.75 bits per heavy atom. The molecular formula is C13H8ClFN2O3. The van der Waals surface area contributed by atoms with Gasteiger partial charge in [0.05, 0.1) is 10.7 Å². The number of aromatic carboxylic acids is 1. The Morgan fingerprint density at radius 2 is 2.05 bits per heavy atom. The summed E-state index contributed by atoms with van der Waals surface area (Å²) >= 11 is 5.60. The fourth-order valence-corrected chi connectivity index (χ4v) is 1.66. The van der Waals surface area contributed by atoms with Gasteiger partial charge in [-0.1, -0.05) is 17.7 Å². The van der Waals surface area contributed by atoms with Gasteiger partial charge in [0, 0.05) is 11.8 Å². The molecule has 20 heavy (non-hydrogen) atoms. The number of carboxylic acid groups (broad SMARTS) is 1. The summed E-state index contributed by atoms with van der Waals surface area (Å²) in [7, 11) is 0. The fraction of sp³-hybridized carbons (Fsp3) is 0. The minimum Gasteiger partial charge on any atom is -0.477 e. The van der Waals surface area contributed by atoms with Crippen LogP contribution in [0.1, 0.15) is 20.8 Å². The summed E-state index contributed by atoms with van der Waals surface area (Å²) in [6.07, 6.45) is 1.19. The number of hydrogen-bond donors (Lipinski definition) is 2. The van der Waals surface area contributed by atoms with Crippen LogP contribution in [-0.4, -0.2) is 22.0 Å². The molecule has 0 radical (unpaired) electrons. The highest BCUT2D eigenvalue weighted by Gasteiger charge is 2.13. The quantitative estimate of drug-likeness (QED) is 0.912. The SMILES string of the molecule is O=C(Nc1cccc(Cl)c1F)c1ccnc(C(=O)O)c1. The number of carbonyl (C=O) groups excluding carboxylic acids is 1. The highest BCUT2D eigenvalue weighted by atomic mass is 35.5. The molecule has 1 heterocycles. The van der Waals surface area contributed by atoms with Crippen LogP contribution in [0.25, 0.3) is 0 Å². The molecule has 0 aliphatic heterocycles. The number of hydrogen-bond acceptors (Lipinski definition) is 3. The van der Waals surface area contributed by atoms with Crippen LogP contribution >= 0.6 is 11.6 Å². The molecule has 7 heteroatoms. The zero-order chi connectivity index (χ0) is 14.7. The lowest BCUT2D eigenvalue weighted by Gasteiger charge is -2.07. The average molecular weight is 295 g/mol. The van der Waals surface area contributed by atoms with E-state index < -0.39 is 17.7 Å². The van der Waals surface area contributed by atoms with E-state index in [0.29, 0.717) is 0 Å². The van der Waals surface area contributed by atoms with Gasteiger partial charge in [-0.05, 0) is 24.3 Å². The number of nitrogens with zero attached hydrogens (tertiary/aromatic N) is 1. The predicted octanol–water partition coefficient (Wildman–Crippen LogP) is 2.82. The van der Waals surface area contributed by atoms with Crippen molar-refractivity contribution >= 4 is 29.2 Å². The number of rotatable bonds is 3.